The van der Waals surface area contributed by atoms with Gasteiger partial charge < -0.3 is 19.3 Å². The molecular weight excluding hydrogens is 508 g/mol. The van der Waals surface area contributed by atoms with Gasteiger partial charge in [0.15, 0.2) is 0 Å². The van der Waals surface area contributed by atoms with Gasteiger partial charge in [-0.15, -0.1) is 0 Å². The number of fused-ring (bicyclic) bond motifs is 1. The molecule has 2 aromatic heterocycles. The van der Waals surface area contributed by atoms with Crippen molar-refractivity contribution in [2.75, 3.05) is 51.2 Å². The Balaban J connectivity index is 1.24. The molecule has 0 N–H and O–H groups in total. The van der Waals surface area contributed by atoms with E-state index in [9.17, 15) is 4.79 Å². The van der Waals surface area contributed by atoms with Crippen LogP contribution in [0.25, 0.3) is 11.0 Å². The van der Waals surface area contributed by atoms with Crippen molar-refractivity contribution in [3.63, 3.8) is 0 Å². The minimum atomic E-state index is 0.0666. The van der Waals surface area contributed by atoms with Gasteiger partial charge in [-0.3, -0.25) is 9.78 Å². The molecule has 1 aliphatic heterocycles. The maximum atomic E-state index is 13.1. The van der Waals surface area contributed by atoms with E-state index in [1.165, 1.54) is 30.3 Å². The highest BCUT2D eigenvalue weighted by Gasteiger charge is 2.23. The molecule has 2 aromatic carbocycles. The quantitative estimate of drug-likeness (QED) is 0.199. The van der Waals surface area contributed by atoms with Gasteiger partial charge in [-0.25, -0.2) is 4.98 Å². The molecule has 41 heavy (non-hydrogen) atoms. The highest BCUT2D eigenvalue weighted by atomic mass is 16.2. The van der Waals surface area contributed by atoms with Gasteiger partial charge in [-0.05, 0) is 74.3 Å². The number of carbonyl (C=O) groups excluding carboxylic acids is 1. The third-order valence-corrected chi connectivity index (χ3v) is 8.32. The van der Waals surface area contributed by atoms with Crippen LogP contribution in [0.15, 0.2) is 79.1 Å². The lowest BCUT2D eigenvalue weighted by atomic mass is 9.95. The highest BCUT2D eigenvalue weighted by molar-refractivity contribution is 5.94. The molecule has 0 saturated carbocycles. The molecule has 1 amide bonds. The summed E-state index contributed by atoms with van der Waals surface area (Å²) >= 11 is 0. The van der Waals surface area contributed by atoms with Gasteiger partial charge in [-0.1, -0.05) is 50.1 Å². The summed E-state index contributed by atoms with van der Waals surface area (Å²) in [6.45, 7) is 9.05. The van der Waals surface area contributed by atoms with Crippen LogP contribution in [-0.4, -0.2) is 76.6 Å². The fourth-order valence-corrected chi connectivity index (χ4v) is 5.99. The molecule has 1 aliphatic rings. The average Bonchev–Trinajstić information content (AvgIpc) is 3.21. The van der Waals surface area contributed by atoms with E-state index in [0.29, 0.717) is 6.54 Å². The van der Waals surface area contributed by atoms with E-state index in [1.807, 2.05) is 54.7 Å². The monoisotopic (exact) mass is 552 g/mol. The van der Waals surface area contributed by atoms with Crippen LogP contribution in [0.4, 0.5) is 5.95 Å². The van der Waals surface area contributed by atoms with Gasteiger partial charge in [0.05, 0.1) is 11.0 Å². The van der Waals surface area contributed by atoms with E-state index in [2.05, 4.69) is 62.7 Å². The summed E-state index contributed by atoms with van der Waals surface area (Å²) in [5, 5.41) is 0. The number of pyridine rings is 1. The van der Waals surface area contributed by atoms with Crippen molar-refractivity contribution in [1.82, 2.24) is 24.3 Å². The molecule has 7 nitrogen and oxygen atoms in total. The minimum absolute atomic E-state index is 0.0666. The number of likely N-dealkylation sites (N-methyl/N-ethyl adjacent to an activating group) is 1. The van der Waals surface area contributed by atoms with Crippen LogP contribution in [0.3, 0.4) is 0 Å². The Hall–Kier alpha value is -3.71. The molecule has 7 heteroatoms. The number of aryl methyl sites for hydroxylation is 1. The zero-order valence-corrected chi connectivity index (χ0v) is 24.7. The summed E-state index contributed by atoms with van der Waals surface area (Å²) in [5.41, 5.74) is 4.31. The zero-order valence-electron chi connectivity index (χ0n) is 24.7. The first-order valence-corrected chi connectivity index (χ1v) is 15.3. The van der Waals surface area contributed by atoms with E-state index >= 15 is 0 Å². The third-order valence-electron chi connectivity index (χ3n) is 8.32. The van der Waals surface area contributed by atoms with Crippen molar-refractivity contribution in [2.45, 2.75) is 51.5 Å². The maximum absolute atomic E-state index is 13.1. The van der Waals surface area contributed by atoms with Crippen LogP contribution in [0, 0.1) is 0 Å². The number of imidazole rings is 1. The highest BCUT2D eigenvalue weighted by Crippen LogP contribution is 2.26. The Kier molecular flexibility index (Phi) is 10.0. The molecule has 1 unspecified atom stereocenters. The lowest BCUT2D eigenvalue weighted by Gasteiger charge is -2.28. The lowest BCUT2D eigenvalue weighted by Crippen LogP contribution is -2.35. The molecule has 1 saturated heterocycles. The summed E-state index contributed by atoms with van der Waals surface area (Å²) < 4.78 is 2.44. The van der Waals surface area contributed by atoms with Gasteiger partial charge in [0.2, 0.25) is 5.95 Å². The molecule has 0 radical (unpaired) electrons. The number of anilines is 1. The number of para-hydroxylation sites is 2. The van der Waals surface area contributed by atoms with E-state index in [0.717, 1.165) is 69.1 Å². The van der Waals surface area contributed by atoms with Crippen LogP contribution in [0.5, 0.6) is 0 Å². The Morgan fingerprint density at radius 3 is 2.49 bits per heavy atom. The number of hydrogen-bond acceptors (Lipinski definition) is 5. The fourth-order valence-electron chi connectivity index (χ4n) is 5.99. The molecular formula is C34H44N6O. The SMILES string of the molecule is CCCCCn1c(N2CCCN(CCC(CN(C)C(=O)c3ccccc3)c3ccncc3)CC2)nc2ccccc21. The molecule has 1 fully saturated rings. The van der Waals surface area contributed by atoms with Gasteiger partial charge in [0.1, 0.15) is 0 Å². The minimum Gasteiger partial charge on any atom is -0.341 e. The fraction of sp³-hybridized carbons (Fsp3) is 0.441. The topological polar surface area (TPSA) is 57.5 Å². The molecule has 4 aromatic rings. The summed E-state index contributed by atoms with van der Waals surface area (Å²) in [7, 11) is 1.92. The number of unbranched alkanes of at least 4 members (excludes halogenated alkanes) is 2. The first-order chi connectivity index (χ1) is 20.1. The Labute approximate surface area is 244 Å². The Morgan fingerprint density at radius 2 is 1.68 bits per heavy atom. The molecule has 0 spiro atoms. The number of rotatable bonds is 12. The number of hydrogen-bond donors (Lipinski definition) is 0. The summed E-state index contributed by atoms with van der Waals surface area (Å²) in [4.78, 5) is 29.4. The first kappa shape index (κ1) is 28.8. The van der Waals surface area contributed by atoms with Gasteiger partial charge >= 0.3 is 0 Å². The van der Waals surface area contributed by atoms with Crippen molar-refractivity contribution in [3.05, 3.63) is 90.3 Å². The molecule has 216 valence electrons. The number of aromatic nitrogens is 3. The van der Waals surface area contributed by atoms with Crippen molar-refractivity contribution < 1.29 is 4.79 Å². The largest absolute Gasteiger partial charge is 0.341 e. The third kappa shape index (κ3) is 7.33. The lowest BCUT2D eigenvalue weighted by molar-refractivity contribution is 0.0782. The predicted molar refractivity (Wildman–Crippen MR) is 168 cm³/mol. The first-order valence-electron chi connectivity index (χ1n) is 15.3. The van der Waals surface area contributed by atoms with E-state index in [1.54, 1.807) is 0 Å². The van der Waals surface area contributed by atoms with Crippen molar-refractivity contribution in [3.8, 4) is 0 Å². The van der Waals surface area contributed by atoms with Crippen molar-refractivity contribution >= 4 is 22.9 Å². The number of carbonyl (C=O) groups is 1. The normalized spacial score (nSPS) is 15.1. The van der Waals surface area contributed by atoms with Crippen LogP contribution in [0.2, 0.25) is 0 Å². The maximum Gasteiger partial charge on any atom is 0.253 e. The smallest absolute Gasteiger partial charge is 0.253 e. The number of benzene rings is 2. The average molecular weight is 553 g/mol. The van der Waals surface area contributed by atoms with Gasteiger partial charge in [0, 0.05) is 63.6 Å². The molecule has 3 heterocycles. The standard InChI is InChI=1S/C34H44N6O/c1-3-4-10-23-40-32-15-9-8-14-31(32)36-34(40)39-22-11-21-38(25-26-39)24-18-30(28-16-19-35-20-17-28)27-37(2)33(41)29-12-6-5-7-13-29/h5-9,12-17,19-20,30H,3-4,10-11,18,21-27H2,1-2H3. The number of nitrogens with zero attached hydrogens (tertiary/aromatic N) is 6. The molecule has 5 rings (SSSR count). The second-order valence-electron chi connectivity index (χ2n) is 11.3. The van der Waals surface area contributed by atoms with Gasteiger partial charge in [0.25, 0.3) is 5.91 Å². The predicted octanol–water partition coefficient (Wildman–Crippen LogP) is 6.08. The Morgan fingerprint density at radius 1 is 0.902 bits per heavy atom. The number of amides is 1. The van der Waals surface area contributed by atoms with Crippen LogP contribution >= 0.6 is 0 Å². The van der Waals surface area contributed by atoms with E-state index < -0.39 is 0 Å². The zero-order chi connectivity index (χ0) is 28.4. The second-order valence-corrected chi connectivity index (χ2v) is 11.3. The van der Waals surface area contributed by atoms with Gasteiger partial charge in [-0.2, -0.15) is 0 Å². The summed E-state index contributed by atoms with van der Waals surface area (Å²) in [6, 6.07) is 22.3. The molecule has 0 aliphatic carbocycles. The van der Waals surface area contributed by atoms with Crippen molar-refractivity contribution in [2.24, 2.45) is 0 Å². The summed E-state index contributed by atoms with van der Waals surface area (Å²) in [6.07, 6.45) is 9.47. The Bertz CT molecular complexity index is 1370. The summed E-state index contributed by atoms with van der Waals surface area (Å²) in [5.74, 6) is 1.44. The van der Waals surface area contributed by atoms with Crippen LogP contribution in [0.1, 0.15) is 60.9 Å². The second kappa shape index (κ2) is 14.3. The van der Waals surface area contributed by atoms with Crippen LogP contribution in [-0.2, 0) is 6.54 Å². The van der Waals surface area contributed by atoms with Crippen LogP contribution < -0.4 is 4.90 Å². The molecule has 1 atom stereocenters. The van der Waals surface area contributed by atoms with E-state index in [4.69, 9.17) is 4.98 Å². The van der Waals surface area contributed by atoms with E-state index in [-0.39, 0.29) is 11.8 Å². The molecule has 0 bridgehead atoms. The van der Waals surface area contributed by atoms with Crippen molar-refractivity contribution in [1.29, 1.82) is 0 Å².